The van der Waals surface area contributed by atoms with E-state index in [2.05, 4.69) is 16.0 Å². The Kier molecular flexibility index (Phi) is 3.00. The summed E-state index contributed by atoms with van der Waals surface area (Å²) in [5, 5.41) is 0. The molecule has 4 nitrogen and oxygen atoms in total. The topological polar surface area (TPSA) is 49.0 Å². The Labute approximate surface area is 136 Å². The molecule has 0 spiro atoms. The molecule has 1 aliphatic heterocycles. The minimum Gasteiger partial charge on any atom is -0.340 e. The van der Waals surface area contributed by atoms with E-state index in [1.165, 1.54) is 19.3 Å². The lowest BCUT2D eigenvalue weighted by molar-refractivity contribution is -0.138. The fourth-order valence-corrected chi connectivity index (χ4v) is 5.21. The maximum atomic E-state index is 13.1. The van der Waals surface area contributed by atoms with Crippen molar-refractivity contribution in [3.05, 3.63) is 30.1 Å². The number of H-pyrrole nitrogens is 1. The fraction of sp³-hybridized carbons (Fsp3) is 0.579. The van der Waals surface area contributed by atoms with Crippen molar-refractivity contribution in [1.29, 1.82) is 0 Å². The van der Waals surface area contributed by atoms with Crippen LogP contribution in [0.15, 0.2) is 24.3 Å². The molecule has 2 heterocycles. The van der Waals surface area contributed by atoms with Crippen LogP contribution in [0.2, 0.25) is 0 Å². The summed E-state index contributed by atoms with van der Waals surface area (Å²) in [4.78, 5) is 23.4. The lowest BCUT2D eigenvalue weighted by atomic mass is 9.87. The van der Waals surface area contributed by atoms with Crippen molar-refractivity contribution in [3.8, 4) is 0 Å². The number of benzene rings is 1. The monoisotopic (exact) mass is 309 g/mol. The van der Waals surface area contributed by atoms with E-state index in [-0.39, 0.29) is 6.04 Å². The summed E-state index contributed by atoms with van der Waals surface area (Å²) in [5.74, 6) is 3.14. The molecule has 1 aromatic carbocycles. The molecule has 1 amide bonds. The second-order valence-corrected chi connectivity index (χ2v) is 7.61. The van der Waals surface area contributed by atoms with Gasteiger partial charge in [-0.05, 0) is 56.1 Å². The van der Waals surface area contributed by atoms with Crippen LogP contribution in [0.25, 0.3) is 11.0 Å². The van der Waals surface area contributed by atoms with E-state index in [1.807, 2.05) is 18.2 Å². The lowest BCUT2D eigenvalue weighted by Crippen LogP contribution is -2.38. The zero-order valence-electron chi connectivity index (χ0n) is 13.4. The molecule has 120 valence electrons. The Morgan fingerprint density at radius 2 is 2.09 bits per heavy atom. The predicted octanol–water partition coefficient (Wildman–Crippen LogP) is 3.66. The molecule has 3 fully saturated rings. The third-order valence-corrected chi connectivity index (χ3v) is 6.31. The van der Waals surface area contributed by atoms with E-state index in [0.29, 0.717) is 17.7 Å². The first kappa shape index (κ1) is 13.6. The molecule has 3 aliphatic rings. The van der Waals surface area contributed by atoms with Gasteiger partial charge in [0.2, 0.25) is 5.91 Å². The van der Waals surface area contributed by atoms with Crippen LogP contribution in [0.4, 0.5) is 0 Å². The van der Waals surface area contributed by atoms with E-state index in [1.54, 1.807) is 0 Å². The molecule has 1 aromatic heterocycles. The van der Waals surface area contributed by atoms with E-state index in [4.69, 9.17) is 4.98 Å². The molecular formula is C19H23N3O. The first-order valence-electron chi connectivity index (χ1n) is 9.05. The van der Waals surface area contributed by atoms with Gasteiger partial charge in [0.05, 0.1) is 17.1 Å². The number of likely N-dealkylation sites (tertiary alicyclic amines) is 1. The number of amides is 1. The number of hydrogen-bond donors (Lipinski definition) is 1. The van der Waals surface area contributed by atoms with E-state index >= 15 is 0 Å². The van der Waals surface area contributed by atoms with Crippen molar-refractivity contribution in [2.24, 2.45) is 17.8 Å². The van der Waals surface area contributed by atoms with Crippen LogP contribution in [-0.4, -0.2) is 27.3 Å². The summed E-state index contributed by atoms with van der Waals surface area (Å²) in [7, 11) is 0. The second kappa shape index (κ2) is 5.08. The van der Waals surface area contributed by atoms with Gasteiger partial charge in [-0.25, -0.2) is 4.98 Å². The Morgan fingerprint density at radius 1 is 1.17 bits per heavy atom. The third kappa shape index (κ3) is 2.11. The summed E-state index contributed by atoms with van der Waals surface area (Å²) >= 11 is 0. The maximum absolute atomic E-state index is 13.1. The Bertz CT molecular complexity index is 719. The molecule has 23 heavy (non-hydrogen) atoms. The van der Waals surface area contributed by atoms with Gasteiger partial charge < -0.3 is 9.88 Å². The molecule has 1 saturated heterocycles. The Balaban J connectivity index is 1.42. The number of fused-ring (bicyclic) bond motifs is 3. The molecule has 2 saturated carbocycles. The first-order valence-corrected chi connectivity index (χ1v) is 9.05. The van der Waals surface area contributed by atoms with Crippen LogP contribution in [-0.2, 0) is 4.79 Å². The van der Waals surface area contributed by atoms with Gasteiger partial charge in [0.1, 0.15) is 5.82 Å². The molecule has 4 heteroatoms. The standard InChI is InChI=1S/C19H23N3O/c23-19(14-11-12-7-8-13(14)10-12)22-9-3-6-17(22)18-20-15-4-1-2-5-16(15)21-18/h1-2,4-5,12-14,17H,3,6-11H2,(H,20,21)/t12-,13-,14-,17-/m1/s1. The molecule has 0 unspecified atom stereocenters. The molecule has 4 atom stereocenters. The Morgan fingerprint density at radius 3 is 2.87 bits per heavy atom. The van der Waals surface area contributed by atoms with Crippen LogP contribution in [0.1, 0.15) is 50.4 Å². The van der Waals surface area contributed by atoms with Gasteiger partial charge in [-0.2, -0.15) is 0 Å². The minimum absolute atomic E-state index is 0.147. The minimum atomic E-state index is 0.147. The van der Waals surface area contributed by atoms with Crippen molar-refractivity contribution in [2.75, 3.05) is 6.54 Å². The zero-order valence-corrected chi connectivity index (χ0v) is 13.4. The van der Waals surface area contributed by atoms with Crippen LogP contribution in [0.3, 0.4) is 0 Å². The number of carbonyl (C=O) groups is 1. The highest BCUT2D eigenvalue weighted by atomic mass is 16.2. The Hall–Kier alpha value is -1.84. The van der Waals surface area contributed by atoms with Gasteiger partial charge >= 0.3 is 0 Å². The molecule has 1 N–H and O–H groups in total. The number of imidazole rings is 1. The van der Waals surface area contributed by atoms with Crippen LogP contribution in [0.5, 0.6) is 0 Å². The molecular weight excluding hydrogens is 286 g/mol. The SMILES string of the molecule is O=C([C@@H]1C[C@@H]2CC[C@@H]1C2)N1CCC[C@@H]1c1nc2ccccc2[nH]1. The number of hydrogen-bond acceptors (Lipinski definition) is 2. The number of para-hydroxylation sites is 2. The summed E-state index contributed by atoms with van der Waals surface area (Å²) in [5.41, 5.74) is 2.07. The summed E-state index contributed by atoms with van der Waals surface area (Å²) < 4.78 is 0. The van der Waals surface area contributed by atoms with Crippen molar-refractivity contribution >= 4 is 16.9 Å². The van der Waals surface area contributed by atoms with Crippen molar-refractivity contribution < 1.29 is 4.79 Å². The van der Waals surface area contributed by atoms with Crippen molar-refractivity contribution in [1.82, 2.24) is 14.9 Å². The second-order valence-electron chi connectivity index (χ2n) is 7.61. The number of aromatic nitrogens is 2. The van der Waals surface area contributed by atoms with Crippen molar-refractivity contribution in [3.63, 3.8) is 0 Å². The van der Waals surface area contributed by atoms with Gasteiger partial charge in [-0.15, -0.1) is 0 Å². The third-order valence-electron chi connectivity index (χ3n) is 6.31. The van der Waals surface area contributed by atoms with Crippen LogP contribution in [0, 0.1) is 17.8 Å². The van der Waals surface area contributed by atoms with E-state index in [0.717, 1.165) is 48.6 Å². The average molecular weight is 309 g/mol. The number of aromatic amines is 1. The maximum Gasteiger partial charge on any atom is 0.226 e. The average Bonchev–Trinajstić information content (AvgIpc) is 3.35. The van der Waals surface area contributed by atoms with Crippen LogP contribution < -0.4 is 0 Å². The number of nitrogens with one attached hydrogen (secondary N) is 1. The zero-order chi connectivity index (χ0) is 15.4. The molecule has 2 aromatic rings. The van der Waals surface area contributed by atoms with Gasteiger partial charge in [0.15, 0.2) is 0 Å². The lowest BCUT2D eigenvalue weighted by Gasteiger charge is -2.30. The number of carbonyl (C=O) groups excluding carboxylic acids is 1. The summed E-state index contributed by atoms with van der Waals surface area (Å²) in [6.07, 6.45) is 7.17. The molecule has 2 aliphatic carbocycles. The first-order chi connectivity index (χ1) is 11.3. The normalized spacial score (nSPS) is 33.0. The number of rotatable bonds is 2. The van der Waals surface area contributed by atoms with Gasteiger partial charge in [0, 0.05) is 12.5 Å². The molecule has 5 rings (SSSR count). The highest BCUT2D eigenvalue weighted by Gasteiger charge is 2.46. The fourth-order valence-electron chi connectivity index (χ4n) is 5.21. The van der Waals surface area contributed by atoms with E-state index < -0.39 is 0 Å². The molecule has 0 radical (unpaired) electrons. The van der Waals surface area contributed by atoms with Gasteiger partial charge in [-0.3, -0.25) is 4.79 Å². The number of nitrogens with zero attached hydrogens (tertiary/aromatic N) is 2. The highest BCUT2D eigenvalue weighted by Crippen LogP contribution is 2.50. The quantitative estimate of drug-likeness (QED) is 0.920. The highest BCUT2D eigenvalue weighted by molar-refractivity contribution is 5.81. The van der Waals surface area contributed by atoms with Crippen molar-refractivity contribution in [2.45, 2.75) is 44.6 Å². The predicted molar refractivity (Wildman–Crippen MR) is 88.7 cm³/mol. The van der Waals surface area contributed by atoms with Gasteiger partial charge in [-0.1, -0.05) is 18.6 Å². The van der Waals surface area contributed by atoms with E-state index in [9.17, 15) is 4.79 Å². The molecule has 2 bridgehead atoms. The largest absolute Gasteiger partial charge is 0.340 e. The summed E-state index contributed by atoms with van der Waals surface area (Å²) in [6.45, 7) is 0.897. The summed E-state index contributed by atoms with van der Waals surface area (Å²) in [6, 6.07) is 8.28. The smallest absolute Gasteiger partial charge is 0.226 e. The van der Waals surface area contributed by atoms with Crippen LogP contribution >= 0.6 is 0 Å². The van der Waals surface area contributed by atoms with Gasteiger partial charge in [0.25, 0.3) is 0 Å².